The molecule has 9 atom stereocenters. The quantitative estimate of drug-likeness (QED) is 0.443. The minimum atomic E-state index is 0.670. The number of hydrogen-bond donors (Lipinski definition) is 0. The monoisotopic (exact) mass is 386 g/mol. The lowest BCUT2D eigenvalue weighted by Crippen LogP contribution is -2.53. The minimum absolute atomic E-state index is 0.670. The van der Waals surface area contributed by atoms with E-state index in [1.54, 1.807) is 44.9 Å². The molecule has 0 aromatic carbocycles. The van der Waals surface area contributed by atoms with Crippen LogP contribution in [-0.4, -0.2) is 0 Å². The number of hydrogen-bond acceptors (Lipinski definition) is 0. The van der Waals surface area contributed by atoms with Crippen molar-refractivity contribution in [3.8, 4) is 0 Å². The normalized spacial score (nSPS) is 49.4. The van der Waals surface area contributed by atoms with E-state index in [0.717, 1.165) is 47.3 Å². The maximum absolute atomic E-state index is 2.75. The van der Waals surface area contributed by atoms with E-state index in [0.29, 0.717) is 10.8 Å². The van der Waals surface area contributed by atoms with Gasteiger partial charge in [0.25, 0.3) is 0 Å². The predicted molar refractivity (Wildman–Crippen MR) is 122 cm³/mol. The Morgan fingerprint density at radius 2 is 1.50 bits per heavy atom. The topological polar surface area (TPSA) is 0 Å². The average molecular weight is 387 g/mol. The molecule has 4 aliphatic rings. The van der Waals surface area contributed by atoms with Gasteiger partial charge in [-0.25, -0.2) is 0 Å². The van der Waals surface area contributed by atoms with E-state index in [4.69, 9.17) is 0 Å². The third kappa shape index (κ3) is 3.51. The Morgan fingerprint density at radius 1 is 0.786 bits per heavy atom. The SMILES string of the molecule is CC(C)CCCC(C)[C@H]1CCC2C3CC[C@H]4C[C@@H](C)CC[C@]4(C)C3CC[C@@]21C. The van der Waals surface area contributed by atoms with Crippen LogP contribution in [0.1, 0.15) is 119 Å². The third-order valence-electron chi connectivity index (χ3n) is 11.1. The molecule has 4 unspecified atom stereocenters. The standard InChI is InChI=1S/C28H50/c1-19(2)8-7-9-21(4)24-12-13-25-23-11-10-22-18-20(3)14-16-27(22,5)26(23)15-17-28(24,25)6/h19-26H,7-18H2,1-6H3/t20-,21?,22-,23?,24+,25?,26?,27-,28+/m0/s1. The van der Waals surface area contributed by atoms with Crippen LogP contribution in [0, 0.1) is 58.2 Å². The van der Waals surface area contributed by atoms with Gasteiger partial charge in [0, 0.05) is 0 Å². The molecule has 0 amide bonds. The van der Waals surface area contributed by atoms with Gasteiger partial charge in [-0.15, -0.1) is 0 Å². The molecule has 0 aromatic heterocycles. The number of fused-ring (bicyclic) bond motifs is 5. The molecule has 4 rings (SSSR count). The Hall–Kier alpha value is 0. The first-order valence-corrected chi connectivity index (χ1v) is 13.3. The highest BCUT2D eigenvalue weighted by Gasteiger charge is 2.60. The number of rotatable bonds is 5. The van der Waals surface area contributed by atoms with Gasteiger partial charge in [-0.1, -0.05) is 67.2 Å². The van der Waals surface area contributed by atoms with Gasteiger partial charge < -0.3 is 0 Å². The van der Waals surface area contributed by atoms with E-state index in [-0.39, 0.29) is 0 Å². The highest BCUT2D eigenvalue weighted by Crippen LogP contribution is 2.68. The summed E-state index contributed by atoms with van der Waals surface area (Å²) in [5, 5.41) is 0. The molecule has 0 nitrogen and oxygen atoms in total. The van der Waals surface area contributed by atoms with Crippen molar-refractivity contribution < 1.29 is 0 Å². The van der Waals surface area contributed by atoms with E-state index in [2.05, 4.69) is 41.5 Å². The van der Waals surface area contributed by atoms with Gasteiger partial charge in [0.1, 0.15) is 0 Å². The lowest BCUT2D eigenvalue weighted by Gasteiger charge is -2.61. The van der Waals surface area contributed by atoms with Crippen LogP contribution in [0.2, 0.25) is 0 Å². The molecule has 162 valence electrons. The zero-order valence-corrected chi connectivity index (χ0v) is 20.1. The molecule has 0 aromatic rings. The van der Waals surface area contributed by atoms with Gasteiger partial charge in [0.05, 0.1) is 0 Å². The summed E-state index contributed by atoms with van der Waals surface area (Å²) < 4.78 is 0. The molecular formula is C28H50. The molecule has 0 saturated heterocycles. The Morgan fingerprint density at radius 3 is 2.25 bits per heavy atom. The molecule has 0 heterocycles. The first kappa shape index (κ1) is 21.2. The molecule has 0 bridgehead atoms. The van der Waals surface area contributed by atoms with Gasteiger partial charge in [-0.05, 0) is 110 Å². The van der Waals surface area contributed by atoms with E-state index in [1.807, 2.05) is 0 Å². The third-order valence-corrected chi connectivity index (χ3v) is 11.1. The Balaban J connectivity index is 1.46. The van der Waals surface area contributed by atoms with Crippen molar-refractivity contribution >= 4 is 0 Å². The van der Waals surface area contributed by atoms with Crippen molar-refractivity contribution in [2.75, 3.05) is 0 Å². The van der Waals surface area contributed by atoms with Crippen LogP contribution in [0.15, 0.2) is 0 Å². The molecule has 4 aliphatic carbocycles. The van der Waals surface area contributed by atoms with Crippen molar-refractivity contribution in [1.29, 1.82) is 0 Å². The molecule has 0 aliphatic heterocycles. The molecule has 0 N–H and O–H groups in total. The zero-order chi connectivity index (χ0) is 20.1. The Kier molecular flexibility index (Phi) is 6.01. The second-order valence-corrected chi connectivity index (χ2v) is 13.1. The van der Waals surface area contributed by atoms with E-state index in [9.17, 15) is 0 Å². The fourth-order valence-electron chi connectivity index (χ4n) is 9.50. The van der Waals surface area contributed by atoms with Crippen LogP contribution in [0.25, 0.3) is 0 Å². The average Bonchev–Trinajstić information content (AvgIpc) is 2.99. The van der Waals surface area contributed by atoms with Crippen LogP contribution < -0.4 is 0 Å². The molecule has 28 heavy (non-hydrogen) atoms. The second kappa shape index (κ2) is 7.92. The van der Waals surface area contributed by atoms with Gasteiger partial charge in [-0.2, -0.15) is 0 Å². The summed E-state index contributed by atoms with van der Waals surface area (Å²) in [7, 11) is 0. The smallest absolute Gasteiger partial charge is 0.0264 e. The summed E-state index contributed by atoms with van der Waals surface area (Å²) in [6.45, 7) is 15.4. The maximum Gasteiger partial charge on any atom is -0.0264 e. The second-order valence-electron chi connectivity index (χ2n) is 13.1. The minimum Gasteiger partial charge on any atom is -0.0628 e. The van der Waals surface area contributed by atoms with Crippen LogP contribution in [0.4, 0.5) is 0 Å². The first-order chi connectivity index (χ1) is 13.3. The molecule has 0 spiro atoms. The van der Waals surface area contributed by atoms with Gasteiger partial charge in [0.2, 0.25) is 0 Å². The summed E-state index contributed by atoms with van der Waals surface area (Å²) >= 11 is 0. The van der Waals surface area contributed by atoms with Gasteiger partial charge >= 0.3 is 0 Å². The van der Waals surface area contributed by atoms with Crippen LogP contribution in [0.5, 0.6) is 0 Å². The van der Waals surface area contributed by atoms with Crippen molar-refractivity contribution in [3.63, 3.8) is 0 Å². The molecule has 0 heteroatoms. The van der Waals surface area contributed by atoms with E-state index < -0.39 is 0 Å². The predicted octanol–water partition coefficient (Wildman–Crippen LogP) is 8.74. The summed E-state index contributed by atoms with van der Waals surface area (Å²) in [6.07, 6.45) is 18.3. The molecule has 0 radical (unpaired) electrons. The lowest BCUT2D eigenvalue weighted by molar-refractivity contribution is -0.120. The molecule has 4 saturated carbocycles. The van der Waals surface area contributed by atoms with Crippen LogP contribution in [-0.2, 0) is 0 Å². The summed E-state index contributed by atoms with van der Waals surface area (Å²) in [6, 6.07) is 0. The fourth-order valence-corrected chi connectivity index (χ4v) is 9.50. The van der Waals surface area contributed by atoms with E-state index >= 15 is 0 Å². The molecular weight excluding hydrogens is 336 g/mol. The summed E-state index contributed by atoms with van der Waals surface area (Å²) in [5.74, 6) is 8.08. The van der Waals surface area contributed by atoms with Crippen LogP contribution in [0.3, 0.4) is 0 Å². The van der Waals surface area contributed by atoms with E-state index in [1.165, 1.54) is 32.1 Å². The molecule has 4 fully saturated rings. The van der Waals surface area contributed by atoms with Gasteiger partial charge in [0.15, 0.2) is 0 Å². The first-order valence-electron chi connectivity index (χ1n) is 13.3. The van der Waals surface area contributed by atoms with Crippen molar-refractivity contribution in [1.82, 2.24) is 0 Å². The fraction of sp³-hybridized carbons (Fsp3) is 1.00. The Bertz CT molecular complexity index is 534. The van der Waals surface area contributed by atoms with Crippen molar-refractivity contribution in [2.24, 2.45) is 58.2 Å². The van der Waals surface area contributed by atoms with Crippen molar-refractivity contribution in [3.05, 3.63) is 0 Å². The van der Waals surface area contributed by atoms with Crippen molar-refractivity contribution in [2.45, 2.75) is 119 Å². The summed E-state index contributed by atoms with van der Waals surface area (Å²) in [5.41, 5.74) is 1.36. The zero-order valence-electron chi connectivity index (χ0n) is 20.1. The highest BCUT2D eigenvalue weighted by molar-refractivity contribution is 5.09. The van der Waals surface area contributed by atoms with Crippen LogP contribution >= 0.6 is 0 Å². The lowest BCUT2D eigenvalue weighted by atomic mass is 9.44. The maximum atomic E-state index is 2.75. The largest absolute Gasteiger partial charge is 0.0628 e. The van der Waals surface area contributed by atoms with Gasteiger partial charge in [-0.3, -0.25) is 0 Å². The Labute approximate surface area is 177 Å². The summed E-state index contributed by atoms with van der Waals surface area (Å²) in [4.78, 5) is 0. The highest BCUT2D eigenvalue weighted by atomic mass is 14.6.